The van der Waals surface area contributed by atoms with Gasteiger partial charge in [0.05, 0.1) is 6.61 Å². The van der Waals surface area contributed by atoms with Gasteiger partial charge >= 0.3 is 12.1 Å². The van der Waals surface area contributed by atoms with Crippen molar-refractivity contribution in [3.8, 4) is 0 Å². The number of halogens is 3. The Morgan fingerprint density at radius 2 is 1.93 bits per heavy atom. The normalized spacial score (nSPS) is 13.1. The number of carbonyl (C=O) groups is 1. The van der Waals surface area contributed by atoms with Crippen LogP contribution in [0.1, 0.15) is 27.2 Å². The SMILES string of the molecule is CCOC(=O)C(=CCC(C)C)C(F)(F)F. The molecule has 0 aliphatic rings. The molecule has 0 N–H and O–H groups in total. The fraction of sp³-hybridized carbons (Fsp3) is 0.700. The summed E-state index contributed by atoms with van der Waals surface area (Å²) in [6, 6.07) is 0. The fourth-order valence-corrected chi connectivity index (χ4v) is 0.877. The first kappa shape index (κ1) is 14.0. The molecular formula is C10H15F3O2. The van der Waals surface area contributed by atoms with Crippen LogP contribution in [0.15, 0.2) is 11.6 Å². The Bertz CT molecular complexity index is 242. The van der Waals surface area contributed by atoms with Crippen LogP contribution >= 0.6 is 0 Å². The van der Waals surface area contributed by atoms with Crippen molar-refractivity contribution in [2.45, 2.75) is 33.4 Å². The molecule has 0 aromatic heterocycles. The number of hydrogen-bond acceptors (Lipinski definition) is 2. The molecule has 0 aromatic rings. The standard InChI is InChI=1S/C10H15F3O2/c1-4-15-9(14)8(10(11,12)13)6-5-7(2)3/h6-7H,4-5H2,1-3H3. The van der Waals surface area contributed by atoms with Gasteiger partial charge in [-0.05, 0) is 19.3 Å². The van der Waals surface area contributed by atoms with Crippen LogP contribution in [0.4, 0.5) is 13.2 Å². The minimum Gasteiger partial charge on any atom is -0.462 e. The number of rotatable bonds is 4. The van der Waals surface area contributed by atoms with Gasteiger partial charge in [-0.1, -0.05) is 19.9 Å². The first-order chi connectivity index (χ1) is 6.79. The van der Waals surface area contributed by atoms with Crippen molar-refractivity contribution in [3.63, 3.8) is 0 Å². The van der Waals surface area contributed by atoms with E-state index in [1.165, 1.54) is 6.92 Å². The lowest BCUT2D eigenvalue weighted by molar-refractivity contribution is -0.150. The molecular weight excluding hydrogens is 209 g/mol. The van der Waals surface area contributed by atoms with Gasteiger partial charge in [-0.15, -0.1) is 0 Å². The molecule has 0 amide bonds. The van der Waals surface area contributed by atoms with E-state index in [0.29, 0.717) is 0 Å². The molecule has 0 spiro atoms. The van der Waals surface area contributed by atoms with Crippen LogP contribution in [0.5, 0.6) is 0 Å². The van der Waals surface area contributed by atoms with Gasteiger partial charge in [-0.25, -0.2) is 4.79 Å². The van der Waals surface area contributed by atoms with E-state index in [-0.39, 0.29) is 18.9 Å². The number of carbonyl (C=O) groups excluding carboxylic acids is 1. The van der Waals surface area contributed by atoms with E-state index in [2.05, 4.69) is 4.74 Å². The molecule has 88 valence electrons. The Hall–Kier alpha value is -1.00. The van der Waals surface area contributed by atoms with E-state index in [0.717, 1.165) is 6.08 Å². The minimum atomic E-state index is -4.64. The number of hydrogen-bond donors (Lipinski definition) is 0. The molecule has 0 aromatic carbocycles. The Balaban J connectivity index is 4.74. The second-order valence-electron chi connectivity index (χ2n) is 3.47. The smallest absolute Gasteiger partial charge is 0.423 e. The highest BCUT2D eigenvalue weighted by molar-refractivity contribution is 5.89. The van der Waals surface area contributed by atoms with Crippen LogP contribution in [0.2, 0.25) is 0 Å². The number of ether oxygens (including phenoxy) is 1. The molecule has 0 saturated carbocycles. The van der Waals surface area contributed by atoms with E-state index in [9.17, 15) is 18.0 Å². The molecule has 0 atom stereocenters. The lowest BCUT2D eigenvalue weighted by Crippen LogP contribution is -2.22. The van der Waals surface area contributed by atoms with E-state index in [4.69, 9.17) is 0 Å². The summed E-state index contributed by atoms with van der Waals surface area (Å²) >= 11 is 0. The van der Waals surface area contributed by atoms with Gasteiger partial charge in [-0.3, -0.25) is 0 Å². The van der Waals surface area contributed by atoms with Crippen molar-refractivity contribution in [2.24, 2.45) is 5.92 Å². The maximum absolute atomic E-state index is 12.4. The van der Waals surface area contributed by atoms with Crippen molar-refractivity contribution in [1.29, 1.82) is 0 Å². The molecule has 0 fully saturated rings. The van der Waals surface area contributed by atoms with Crippen molar-refractivity contribution in [2.75, 3.05) is 6.61 Å². The Kier molecular flexibility index (Phi) is 5.39. The largest absolute Gasteiger partial charge is 0.462 e. The zero-order valence-corrected chi connectivity index (χ0v) is 9.02. The van der Waals surface area contributed by atoms with Crippen LogP contribution in [0.3, 0.4) is 0 Å². The highest BCUT2D eigenvalue weighted by atomic mass is 19.4. The van der Waals surface area contributed by atoms with Gasteiger partial charge in [0.15, 0.2) is 0 Å². The summed E-state index contributed by atoms with van der Waals surface area (Å²) in [5, 5.41) is 0. The van der Waals surface area contributed by atoms with Crippen LogP contribution in [-0.2, 0) is 9.53 Å². The molecule has 2 nitrogen and oxygen atoms in total. The summed E-state index contributed by atoms with van der Waals surface area (Å²) in [6.07, 6.45) is -3.54. The summed E-state index contributed by atoms with van der Waals surface area (Å²) in [6.45, 7) is 4.95. The summed E-state index contributed by atoms with van der Waals surface area (Å²) in [5.74, 6) is -1.23. The lowest BCUT2D eigenvalue weighted by Gasteiger charge is -2.11. The van der Waals surface area contributed by atoms with Crippen molar-refractivity contribution < 1.29 is 22.7 Å². The van der Waals surface area contributed by atoms with Gasteiger partial charge in [0, 0.05) is 0 Å². The average Bonchev–Trinajstić information content (AvgIpc) is 2.01. The first-order valence-corrected chi connectivity index (χ1v) is 4.73. The maximum Gasteiger partial charge on any atom is 0.423 e. The molecule has 0 aliphatic carbocycles. The summed E-state index contributed by atoms with van der Waals surface area (Å²) in [7, 11) is 0. The lowest BCUT2D eigenvalue weighted by atomic mass is 10.1. The predicted molar refractivity (Wildman–Crippen MR) is 50.2 cm³/mol. The second-order valence-corrected chi connectivity index (χ2v) is 3.47. The monoisotopic (exact) mass is 224 g/mol. The van der Waals surface area contributed by atoms with Gasteiger partial charge in [0.1, 0.15) is 5.57 Å². The third kappa shape index (κ3) is 5.44. The molecule has 0 unspecified atom stereocenters. The number of esters is 1. The third-order valence-electron chi connectivity index (χ3n) is 1.59. The molecule has 0 heterocycles. The van der Waals surface area contributed by atoms with Gasteiger partial charge in [0.2, 0.25) is 0 Å². The van der Waals surface area contributed by atoms with Crippen LogP contribution in [-0.4, -0.2) is 18.8 Å². The Morgan fingerprint density at radius 3 is 2.27 bits per heavy atom. The second kappa shape index (κ2) is 5.78. The zero-order chi connectivity index (χ0) is 12.1. The van der Waals surface area contributed by atoms with Gasteiger partial charge in [-0.2, -0.15) is 13.2 Å². The number of allylic oxidation sites excluding steroid dienone is 1. The number of alkyl halides is 3. The van der Waals surface area contributed by atoms with E-state index in [1.807, 2.05) is 0 Å². The molecule has 0 bridgehead atoms. The first-order valence-electron chi connectivity index (χ1n) is 4.73. The summed E-state index contributed by atoms with van der Waals surface area (Å²) in [4.78, 5) is 11.0. The molecule has 0 radical (unpaired) electrons. The van der Waals surface area contributed by atoms with E-state index < -0.39 is 17.7 Å². The Labute approximate surface area is 87.1 Å². The molecule has 15 heavy (non-hydrogen) atoms. The van der Waals surface area contributed by atoms with E-state index in [1.54, 1.807) is 13.8 Å². The topological polar surface area (TPSA) is 26.3 Å². The van der Waals surface area contributed by atoms with Crippen LogP contribution in [0.25, 0.3) is 0 Å². The third-order valence-corrected chi connectivity index (χ3v) is 1.59. The molecule has 0 saturated heterocycles. The maximum atomic E-state index is 12.4. The quantitative estimate of drug-likeness (QED) is 0.541. The predicted octanol–water partition coefficient (Wildman–Crippen LogP) is 3.08. The van der Waals surface area contributed by atoms with E-state index >= 15 is 0 Å². The highest BCUT2D eigenvalue weighted by Crippen LogP contribution is 2.27. The Morgan fingerprint density at radius 1 is 1.40 bits per heavy atom. The minimum absolute atomic E-state index is 0.0616. The average molecular weight is 224 g/mol. The van der Waals surface area contributed by atoms with Crippen LogP contribution < -0.4 is 0 Å². The van der Waals surface area contributed by atoms with Gasteiger partial charge in [0.25, 0.3) is 0 Å². The zero-order valence-electron chi connectivity index (χ0n) is 9.02. The van der Waals surface area contributed by atoms with Crippen LogP contribution in [0, 0.1) is 5.92 Å². The molecule has 0 aliphatic heterocycles. The van der Waals surface area contributed by atoms with Crippen molar-refractivity contribution in [3.05, 3.63) is 11.6 Å². The summed E-state index contributed by atoms with van der Waals surface area (Å²) < 4.78 is 41.5. The molecule has 0 rings (SSSR count). The molecule has 5 heteroatoms. The summed E-state index contributed by atoms with van der Waals surface area (Å²) in [5.41, 5.74) is -1.21. The fourth-order valence-electron chi connectivity index (χ4n) is 0.877. The van der Waals surface area contributed by atoms with Crippen molar-refractivity contribution in [1.82, 2.24) is 0 Å². The highest BCUT2D eigenvalue weighted by Gasteiger charge is 2.39. The van der Waals surface area contributed by atoms with Gasteiger partial charge < -0.3 is 4.74 Å². The van der Waals surface area contributed by atoms with Crippen molar-refractivity contribution >= 4 is 5.97 Å².